The molecule has 12 heteroatoms. The Morgan fingerprint density at radius 2 is 1.54 bits per heavy atom. The van der Waals surface area contributed by atoms with Gasteiger partial charge in [-0.1, -0.05) is 6.07 Å². The smallest absolute Gasteiger partial charge is 0.237 e. The van der Waals surface area contributed by atoms with E-state index in [4.69, 9.17) is 47.4 Å². The number of rotatable bonds is 7. The number of hydrogen-bond acceptors (Lipinski definition) is 12. The summed E-state index contributed by atoms with van der Waals surface area (Å²) < 4.78 is 60.8. The van der Waals surface area contributed by atoms with Gasteiger partial charge in [0.25, 0.3) is 0 Å². The van der Waals surface area contributed by atoms with Gasteiger partial charge in [0, 0.05) is 54.9 Å². The first-order chi connectivity index (χ1) is 23.2. The van der Waals surface area contributed by atoms with Gasteiger partial charge in [0.2, 0.25) is 11.6 Å². The van der Waals surface area contributed by atoms with Crippen molar-refractivity contribution in [2.24, 2.45) is 0 Å². The van der Waals surface area contributed by atoms with Crippen molar-refractivity contribution < 1.29 is 57.3 Å². The van der Waals surface area contributed by atoms with E-state index in [0.29, 0.717) is 74.7 Å². The van der Waals surface area contributed by atoms with E-state index in [1.807, 2.05) is 12.1 Å². The molecule has 0 saturated carbocycles. The predicted octanol–water partition coefficient (Wildman–Crippen LogP) is 4.00. The third-order valence-corrected chi connectivity index (χ3v) is 10.2. The molecule has 0 amide bonds. The van der Waals surface area contributed by atoms with Gasteiger partial charge in [0.15, 0.2) is 23.2 Å². The van der Waals surface area contributed by atoms with E-state index in [-0.39, 0.29) is 18.6 Å². The number of carbonyl (C=O) groups is 1. The van der Waals surface area contributed by atoms with E-state index in [1.54, 1.807) is 59.8 Å². The van der Waals surface area contributed by atoms with Crippen LogP contribution in [0.5, 0.6) is 46.0 Å². The molecule has 0 aromatic heterocycles. The summed E-state index contributed by atoms with van der Waals surface area (Å²) >= 11 is 0. The zero-order chi connectivity index (χ0) is 33.5. The molecular formula is C36H36O12. The summed E-state index contributed by atoms with van der Waals surface area (Å²) in [6.07, 6.45) is -0.893. The van der Waals surface area contributed by atoms with Gasteiger partial charge in [-0.05, 0) is 23.8 Å². The molecule has 0 radical (unpaired) electrons. The Bertz CT molecular complexity index is 1870. The van der Waals surface area contributed by atoms with Crippen LogP contribution in [-0.4, -0.2) is 83.2 Å². The van der Waals surface area contributed by atoms with Gasteiger partial charge in [-0.3, -0.25) is 4.79 Å². The van der Waals surface area contributed by atoms with Crippen LogP contribution in [0.3, 0.4) is 0 Å². The lowest BCUT2D eigenvalue weighted by Crippen LogP contribution is -2.70. The average Bonchev–Trinajstić information content (AvgIpc) is 3.42. The number of fused-ring (bicyclic) bond motifs is 7. The highest BCUT2D eigenvalue weighted by atomic mass is 16.7. The van der Waals surface area contributed by atoms with Gasteiger partial charge in [-0.15, -0.1) is 0 Å². The molecule has 1 aliphatic carbocycles. The standard InChI is InChI=1S/C36H36O12/c1-39-18-10-24(41-3)19-13-29-34(45-26(19)11-18)35-16-36(44-6,48-29)30(38)14-21(35)31-28(47-35)15-25(42-4)20-12-22(37)32(46-33(20)31)17-7-8-23(40-2)27(9-17)43-5/h7-11,14-15,22,29,32,34,37H,12-13,16H2,1-6H3/t22-,29-,32+,34-,35+,36+/m0/s1. The normalized spacial score (nSPS) is 28.9. The molecule has 2 bridgehead atoms. The highest BCUT2D eigenvalue weighted by Gasteiger charge is 2.69. The van der Waals surface area contributed by atoms with Gasteiger partial charge in [0.05, 0.1) is 53.6 Å². The minimum atomic E-state index is -1.60. The molecule has 6 atom stereocenters. The van der Waals surface area contributed by atoms with Crippen molar-refractivity contribution in [2.75, 3.05) is 42.7 Å². The first kappa shape index (κ1) is 30.7. The molecule has 1 fully saturated rings. The molecule has 1 N–H and O–H groups in total. The van der Waals surface area contributed by atoms with E-state index < -0.39 is 35.8 Å². The van der Waals surface area contributed by atoms with Crippen molar-refractivity contribution in [3.8, 4) is 46.0 Å². The summed E-state index contributed by atoms with van der Waals surface area (Å²) in [6, 6.07) is 10.8. The van der Waals surface area contributed by atoms with Crippen LogP contribution in [0.25, 0.3) is 5.57 Å². The Labute approximate surface area is 276 Å². The fraction of sp³-hybridized carbons (Fsp3) is 0.417. The van der Waals surface area contributed by atoms with Crippen LogP contribution in [0, 0.1) is 0 Å². The van der Waals surface area contributed by atoms with Crippen LogP contribution in [-0.2, 0) is 27.1 Å². The molecule has 12 nitrogen and oxygen atoms in total. The Hall–Kier alpha value is -4.65. The molecule has 3 aromatic carbocycles. The Kier molecular flexibility index (Phi) is 6.99. The van der Waals surface area contributed by atoms with E-state index >= 15 is 0 Å². The van der Waals surface area contributed by atoms with Crippen molar-refractivity contribution in [2.45, 2.75) is 55.1 Å². The number of benzene rings is 3. The summed E-state index contributed by atoms with van der Waals surface area (Å²) in [5.41, 5.74) is 2.11. The number of hydrogen-bond donors (Lipinski definition) is 1. The fourth-order valence-corrected chi connectivity index (χ4v) is 7.90. The van der Waals surface area contributed by atoms with Crippen molar-refractivity contribution in [1.82, 2.24) is 0 Å². The lowest BCUT2D eigenvalue weighted by Gasteiger charge is -2.54. The molecule has 5 aliphatic rings. The topological polar surface area (TPSA) is 130 Å². The zero-order valence-electron chi connectivity index (χ0n) is 27.4. The summed E-state index contributed by atoms with van der Waals surface area (Å²) in [7, 11) is 9.28. The van der Waals surface area contributed by atoms with Gasteiger partial charge in [-0.25, -0.2) is 0 Å². The SMILES string of the molecule is COc1cc(OC)c2c(c1)O[C@H]1[C@H](C2)O[C@]2(OC)C[C@]13Oc1cc(OC)c4c(c1C3=CC2=O)O[C@H](c1ccc(OC)c(OC)c1)[C@@H](O)C4. The van der Waals surface area contributed by atoms with Crippen molar-refractivity contribution in [3.63, 3.8) is 0 Å². The largest absolute Gasteiger partial charge is 0.496 e. The van der Waals surface area contributed by atoms with Crippen LogP contribution in [0.1, 0.15) is 34.8 Å². The Morgan fingerprint density at radius 3 is 2.25 bits per heavy atom. The highest BCUT2D eigenvalue weighted by molar-refractivity contribution is 6.08. The molecule has 4 aliphatic heterocycles. The van der Waals surface area contributed by atoms with Crippen LogP contribution >= 0.6 is 0 Å². The Balaban J connectivity index is 1.28. The van der Waals surface area contributed by atoms with E-state index in [0.717, 1.165) is 5.56 Å². The minimum absolute atomic E-state index is 0.0340. The predicted molar refractivity (Wildman–Crippen MR) is 169 cm³/mol. The fourth-order valence-electron chi connectivity index (χ4n) is 7.90. The lowest BCUT2D eigenvalue weighted by atomic mass is 9.69. The third-order valence-electron chi connectivity index (χ3n) is 10.2. The second-order valence-electron chi connectivity index (χ2n) is 12.4. The second kappa shape index (κ2) is 10.9. The lowest BCUT2D eigenvalue weighted by molar-refractivity contribution is -0.299. The van der Waals surface area contributed by atoms with Crippen molar-refractivity contribution in [3.05, 3.63) is 64.7 Å². The molecule has 48 heavy (non-hydrogen) atoms. The molecule has 1 saturated heterocycles. The van der Waals surface area contributed by atoms with Gasteiger partial charge in [0.1, 0.15) is 46.7 Å². The number of aliphatic hydroxyl groups excluding tert-OH is 1. The van der Waals surface area contributed by atoms with Gasteiger partial charge >= 0.3 is 0 Å². The maximum Gasteiger partial charge on any atom is 0.237 e. The van der Waals surface area contributed by atoms with Crippen molar-refractivity contribution in [1.29, 1.82) is 0 Å². The average molecular weight is 661 g/mol. The first-order valence-electron chi connectivity index (χ1n) is 15.6. The zero-order valence-corrected chi connectivity index (χ0v) is 27.4. The number of ether oxygens (including phenoxy) is 10. The minimum Gasteiger partial charge on any atom is -0.496 e. The first-order valence-corrected chi connectivity index (χ1v) is 15.6. The van der Waals surface area contributed by atoms with E-state index in [1.165, 1.54) is 13.2 Å². The third kappa shape index (κ3) is 4.15. The van der Waals surface area contributed by atoms with Crippen LogP contribution < -0.4 is 37.9 Å². The summed E-state index contributed by atoms with van der Waals surface area (Å²) in [5.74, 6) is 2.22. The number of methoxy groups -OCH3 is 6. The number of aliphatic hydroxyl groups is 1. The number of ketones is 1. The van der Waals surface area contributed by atoms with Crippen LogP contribution in [0.2, 0.25) is 0 Å². The summed E-state index contributed by atoms with van der Waals surface area (Å²) in [4.78, 5) is 14.0. The van der Waals surface area contributed by atoms with E-state index in [9.17, 15) is 9.90 Å². The second-order valence-corrected chi connectivity index (χ2v) is 12.4. The molecule has 4 heterocycles. The molecule has 0 unspecified atom stereocenters. The number of carbonyl (C=O) groups excluding carboxylic acids is 1. The van der Waals surface area contributed by atoms with Crippen LogP contribution in [0.15, 0.2) is 42.5 Å². The molecular weight excluding hydrogens is 624 g/mol. The Morgan fingerprint density at radius 1 is 0.792 bits per heavy atom. The monoisotopic (exact) mass is 660 g/mol. The summed E-state index contributed by atoms with van der Waals surface area (Å²) in [6.45, 7) is 0. The van der Waals surface area contributed by atoms with Crippen LogP contribution in [0.4, 0.5) is 0 Å². The molecule has 252 valence electrons. The van der Waals surface area contributed by atoms with E-state index in [2.05, 4.69) is 0 Å². The molecule has 8 rings (SSSR count). The maximum atomic E-state index is 14.0. The highest BCUT2D eigenvalue weighted by Crippen LogP contribution is 2.63. The molecule has 3 aromatic rings. The maximum absolute atomic E-state index is 14.0. The quantitative estimate of drug-likeness (QED) is 0.393. The van der Waals surface area contributed by atoms with Gasteiger partial charge in [-0.2, -0.15) is 0 Å². The molecule has 1 spiro atoms. The summed E-state index contributed by atoms with van der Waals surface area (Å²) in [5, 5.41) is 11.4. The van der Waals surface area contributed by atoms with Gasteiger partial charge < -0.3 is 52.5 Å². The van der Waals surface area contributed by atoms with Crippen molar-refractivity contribution >= 4 is 11.4 Å².